The van der Waals surface area contributed by atoms with Gasteiger partial charge in [-0.1, -0.05) is 13.0 Å². The standard InChI is InChI=1S/C27H28N2O4S/c1-6-17-12-20-16(3)14-26(4,5)29-23(20)21(13-17)27(25(29)32)28(22(30)15-34-27)19-10-8-18(9-11-19)24(31)33-7-2/h8-14H,6-7,15H2,1-5H3/t27-/m1/s1. The van der Waals surface area contributed by atoms with E-state index < -0.39 is 16.4 Å². The third kappa shape index (κ3) is 2.99. The van der Waals surface area contributed by atoms with E-state index >= 15 is 0 Å². The zero-order valence-corrected chi connectivity index (χ0v) is 20.9. The van der Waals surface area contributed by atoms with Gasteiger partial charge < -0.3 is 4.74 Å². The molecule has 1 atom stereocenters. The number of esters is 1. The van der Waals surface area contributed by atoms with Crippen LogP contribution in [0.1, 0.15) is 61.7 Å². The Morgan fingerprint density at radius 3 is 2.44 bits per heavy atom. The van der Waals surface area contributed by atoms with Gasteiger partial charge in [-0.15, -0.1) is 11.8 Å². The van der Waals surface area contributed by atoms with Gasteiger partial charge in [0.25, 0.3) is 5.91 Å². The molecule has 0 aliphatic carbocycles. The van der Waals surface area contributed by atoms with Crippen LogP contribution in [0.4, 0.5) is 11.4 Å². The summed E-state index contributed by atoms with van der Waals surface area (Å²) in [5, 5.41) is 0. The lowest BCUT2D eigenvalue weighted by Crippen LogP contribution is -2.54. The van der Waals surface area contributed by atoms with Crippen molar-refractivity contribution in [2.45, 2.75) is 51.4 Å². The molecule has 1 spiro atoms. The largest absolute Gasteiger partial charge is 0.462 e. The van der Waals surface area contributed by atoms with Gasteiger partial charge in [0, 0.05) is 16.8 Å². The Labute approximate surface area is 203 Å². The second-order valence-corrected chi connectivity index (χ2v) is 10.6. The number of fused-ring (bicyclic) bond motifs is 1. The Morgan fingerprint density at radius 2 is 1.79 bits per heavy atom. The second-order valence-electron chi connectivity index (χ2n) is 9.44. The number of allylic oxidation sites excluding steroid dienone is 1. The van der Waals surface area contributed by atoms with Crippen molar-refractivity contribution >= 4 is 46.5 Å². The van der Waals surface area contributed by atoms with Gasteiger partial charge in [-0.25, -0.2) is 4.79 Å². The summed E-state index contributed by atoms with van der Waals surface area (Å²) >= 11 is 1.38. The molecule has 0 bridgehead atoms. The van der Waals surface area contributed by atoms with Crippen LogP contribution in [-0.2, 0) is 25.6 Å². The van der Waals surface area contributed by atoms with Crippen LogP contribution >= 0.6 is 11.8 Å². The van der Waals surface area contributed by atoms with Gasteiger partial charge in [-0.3, -0.25) is 19.4 Å². The lowest BCUT2D eigenvalue weighted by atomic mass is 9.87. The summed E-state index contributed by atoms with van der Waals surface area (Å²) in [6, 6.07) is 11.0. The molecule has 6 nitrogen and oxygen atoms in total. The highest BCUT2D eigenvalue weighted by atomic mass is 32.2. The number of anilines is 2. The summed E-state index contributed by atoms with van der Waals surface area (Å²) in [6.07, 6.45) is 2.96. The van der Waals surface area contributed by atoms with Crippen LogP contribution < -0.4 is 9.80 Å². The van der Waals surface area contributed by atoms with Crippen molar-refractivity contribution in [1.82, 2.24) is 0 Å². The van der Waals surface area contributed by atoms with Gasteiger partial charge in [0.2, 0.25) is 10.8 Å². The van der Waals surface area contributed by atoms with Crippen LogP contribution in [0.5, 0.6) is 0 Å². The quantitative estimate of drug-likeness (QED) is 0.587. The van der Waals surface area contributed by atoms with Crippen molar-refractivity contribution in [3.63, 3.8) is 0 Å². The number of thioether (sulfide) groups is 1. The lowest BCUT2D eigenvalue weighted by molar-refractivity contribution is -0.124. The smallest absolute Gasteiger partial charge is 0.338 e. The maximum absolute atomic E-state index is 14.3. The fourth-order valence-corrected chi connectivity index (χ4v) is 6.73. The number of benzene rings is 2. The predicted octanol–water partition coefficient (Wildman–Crippen LogP) is 4.90. The molecule has 0 N–H and O–H groups in total. The number of aryl methyl sites for hydroxylation is 1. The van der Waals surface area contributed by atoms with E-state index in [1.54, 1.807) is 36.1 Å². The Morgan fingerprint density at radius 1 is 1.09 bits per heavy atom. The third-order valence-corrected chi connectivity index (χ3v) is 8.22. The summed E-state index contributed by atoms with van der Waals surface area (Å²) in [5.74, 6) is -0.431. The molecule has 3 aliphatic rings. The van der Waals surface area contributed by atoms with Crippen molar-refractivity contribution in [2.75, 3.05) is 22.2 Å². The number of hydrogen-bond donors (Lipinski definition) is 0. The number of ether oxygens (including phenoxy) is 1. The van der Waals surface area contributed by atoms with Crippen LogP contribution in [0.25, 0.3) is 5.57 Å². The molecule has 5 rings (SSSR count). The predicted molar refractivity (Wildman–Crippen MR) is 135 cm³/mol. The number of rotatable bonds is 4. The topological polar surface area (TPSA) is 66.9 Å². The van der Waals surface area contributed by atoms with Gasteiger partial charge in [0.05, 0.1) is 29.1 Å². The maximum atomic E-state index is 14.3. The van der Waals surface area contributed by atoms with Gasteiger partial charge in [0.1, 0.15) is 0 Å². The number of amides is 2. The molecule has 0 saturated carbocycles. The van der Waals surface area contributed by atoms with Gasteiger partial charge in [0.15, 0.2) is 0 Å². The minimum atomic E-state index is -1.17. The molecular formula is C27H28N2O4S. The van der Waals surface area contributed by atoms with Crippen molar-refractivity contribution in [2.24, 2.45) is 0 Å². The van der Waals surface area contributed by atoms with Crippen LogP contribution in [0.2, 0.25) is 0 Å². The number of carbonyl (C=O) groups is 3. The number of nitrogens with zero attached hydrogens (tertiary/aromatic N) is 2. The van der Waals surface area contributed by atoms with Crippen LogP contribution in [0.15, 0.2) is 42.5 Å². The highest BCUT2D eigenvalue weighted by Crippen LogP contribution is 2.60. The molecule has 2 aromatic carbocycles. The molecule has 0 unspecified atom stereocenters. The molecule has 1 saturated heterocycles. The Hall–Kier alpha value is -3.06. The average Bonchev–Trinajstić information content (AvgIpc) is 3.28. The van der Waals surface area contributed by atoms with E-state index in [0.717, 1.165) is 34.4 Å². The summed E-state index contributed by atoms with van der Waals surface area (Å²) < 4.78 is 5.09. The molecule has 0 aromatic heterocycles. The first-order chi connectivity index (χ1) is 16.2. The molecule has 2 aromatic rings. The lowest BCUT2D eigenvalue weighted by Gasteiger charge is -2.40. The van der Waals surface area contributed by atoms with E-state index in [1.807, 2.05) is 18.7 Å². The molecule has 176 valence electrons. The van der Waals surface area contributed by atoms with E-state index in [9.17, 15) is 14.4 Å². The third-order valence-electron chi connectivity index (χ3n) is 6.84. The number of carbonyl (C=O) groups excluding carboxylic acids is 3. The molecule has 3 aliphatic heterocycles. The zero-order valence-electron chi connectivity index (χ0n) is 20.1. The Kier molecular flexibility index (Phi) is 5.17. The maximum Gasteiger partial charge on any atom is 0.338 e. The summed E-state index contributed by atoms with van der Waals surface area (Å²) in [4.78, 5) is 42.1. The van der Waals surface area contributed by atoms with Gasteiger partial charge in [-0.2, -0.15) is 0 Å². The minimum Gasteiger partial charge on any atom is -0.462 e. The monoisotopic (exact) mass is 476 g/mol. The summed E-state index contributed by atoms with van der Waals surface area (Å²) in [7, 11) is 0. The second kappa shape index (κ2) is 7.73. The first-order valence-corrected chi connectivity index (χ1v) is 12.6. The fraction of sp³-hybridized carbons (Fsp3) is 0.370. The molecular weight excluding hydrogens is 448 g/mol. The molecule has 3 heterocycles. The van der Waals surface area contributed by atoms with E-state index in [0.29, 0.717) is 11.3 Å². The average molecular weight is 477 g/mol. The Bertz CT molecular complexity index is 1260. The van der Waals surface area contributed by atoms with E-state index in [4.69, 9.17) is 4.74 Å². The van der Waals surface area contributed by atoms with Crippen molar-refractivity contribution in [3.05, 3.63) is 64.7 Å². The molecule has 34 heavy (non-hydrogen) atoms. The zero-order chi connectivity index (χ0) is 24.4. The van der Waals surface area contributed by atoms with Crippen molar-refractivity contribution < 1.29 is 19.1 Å². The van der Waals surface area contributed by atoms with Crippen LogP contribution in [0.3, 0.4) is 0 Å². The SMILES string of the molecule is CCOC(=O)c1ccc(N2C(=O)CS[C@]23C(=O)N2c4c(cc(CC)cc43)C(C)=CC2(C)C)cc1. The molecule has 7 heteroatoms. The highest BCUT2D eigenvalue weighted by molar-refractivity contribution is 8.02. The Balaban J connectivity index is 1.71. The summed E-state index contributed by atoms with van der Waals surface area (Å²) in [5.41, 5.74) is 5.58. The normalized spacial score (nSPS) is 22.3. The van der Waals surface area contributed by atoms with E-state index in [2.05, 4.69) is 32.1 Å². The molecule has 1 fully saturated rings. The molecule has 0 radical (unpaired) electrons. The van der Waals surface area contributed by atoms with E-state index in [-0.39, 0.29) is 24.2 Å². The van der Waals surface area contributed by atoms with Gasteiger partial charge in [-0.05, 0) is 81.7 Å². The highest BCUT2D eigenvalue weighted by Gasteiger charge is 2.64. The van der Waals surface area contributed by atoms with Crippen molar-refractivity contribution in [3.8, 4) is 0 Å². The first kappa shape index (κ1) is 22.7. The minimum absolute atomic E-state index is 0.101. The summed E-state index contributed by atoms with van der Waals surface area (Å²) in [6.45, 7) is 10.3. The van der Waals surface area contributed by atoms with E-state index in [1.165, 1.54) is 11.8 Å². The van der Waals surface area contributed by atoms with Crippen LogP contribution in [0, 0.1) is 0 Å². The number of hydrogen-bond acceptors (Lipinski definition) is 5. The van der Waals surface area contributed by atoms with Crippen molar-refractivity contribution in [1.29, 1.82) is 0 Å². The molecule has 2 amide bonds. The van der Waals surface area contributed by atoms with Crippen LogP contribution in [-0.4, -0.2) is 35.7 Å². The first-order valence-electron chi connectivity index (χ1n) is 11.6. The fourth-order valence-electron chi connectivity index (χ4n) is 5.40. The van der Waals surface area contributed by atoms with Gasteiger partial charge >= 0.3 is 5.97 Å².